The zero-order chi connectivity index (χ0) is 25.1. The molecule has 0 radical (unpaired) electrons. The average molecular weight is 476 g/mol. The molecule has 1 aliphatic carbocycles. The van der Waals surface area contributed by atoms with Crippen LogP contribution in [0, 0.1) is 6.92 Å². The van der Waals surface area contributed by atoms with Gasteiger partial charge in [0.15, 0.2) is 17.2 Å². The number of methoxy groups -OCH3 is 4. The second-order valence-corrected chi connectivity index (χ2v) is 8.39. The molecule has 3 aromatic rings. The number of nitrogens with one attached hydrogen (secondary N) is 1. The van der Waals surface area contributed by atoms with E-state index >= 15 is 0 Å². The van der Waals surface area contributed by atoms with E-state index in [9.17, 15) is 9.59 Å². The third-order valence-corrected chi connectivity index (χ3v) is 6.31. The second kappa shape index (κ2) is 10.1. The number of hydrogen-bond acceptors (Lipinski definition) is 6. The van der Waals surface area contributed by atoms with Gasteiger partial charge in [0.2, 0.25) is 11.2 Å². The predicted octanol–water partition coefficient (Wildman–Crippen LogP) is 4.47. The molecule has 0 saturated heterocycles. The third-order valence-electron chi connectivity index (χ3n) is 6.31. The van der Waals surface area contributed by atoms with Crippen molar-refractivity contribution in [3.05, 3.63) is 81.0 Å². The standard InChI is InChI=1S/C28H29NO6/c1-16-7-6-8-18(13-16)28(31)29-21-11-9-17-14-24(33-3)26(34-4)27(35-5)25(17)19-10-12-23(32-2)22(30)15-20(19)21/h6-8,10,12-15,21H,9,11H2,1-5H3,(H,29,31)/t21-/m0/s1. The number of fused-ring (bicyclic) bond motifs is 3. The summed E-state index contributed by atoms with van der Waals surface area (Å²) >= 11 is 0. The van der Waals surface area contributed by atoms with E-state index in [4.69, 9.17) is 18.9 Å². The van der Waals surface area contributed by atoms with Crippen molar-refractivity contribution in [1.82, 2.24) is 5.32 Å². The zero-order valence-corrected chi connectivity index (χ0v) is 20.6. The molecule has 7 nitrogen and oxygen atoms in total. The van der Waals surface area contributed by atoms with Crippen LogP contribution >= 0.6 is 0 Å². The molecule has 7 heteroatoms. The fourth-order valence-electron chi connectivity index (χ4n) is 4.64. The van der Waals surface area contributed by atoms with Crippen LogP contribution in [0.25, 0.3) is 11.1 Å². The zero-order valence-electron chi connectivity index (χ0n) is 20.6. The Kier molecular flexibility index (Phi) is 6.96. The van der Waals surface area contributed by atoms with Crippen LogP contribution in [0.2, 0.25) is 0 Å². The number of carbonyl (C=O) groups is 1. The summed E-state index contributed by atoms with van der Waals surface area (Å²) < 4.78 is 22.3. The highest BCUT2D eigenvalue weighted by Gasteiger charge is 2.30. The van der Waals surface area contributed by atoms with Crippen molar-refractivity contribution in [3.63, 3.8) is 0 Å². The molecule has 0 aliphatic heterocycles. The first-order chi connectivity index (χ1) is 16.9. The van der Waals surface area contributed by atoms with Crippen LogP contribution in [0.15, 0.2) is 53.3 Å². The highest BCUT2D eigenvalue weighted by atomic mass is 16.5. The van der Waals surface area contributed by atoms with Crippen molar-refractivity contribution in [2.45, 2.75) is 25.8 Å². The Hall–Kier alpha value is -4.00. The van der Waals surface area contributed by atoms with E-state index in [-0.39, 0.29) is 17.1 Å². The Labute approximate surface area is 204 Å². The molecule has 0 bridgehead atoms. The van der Waals surface area contributed by atoms with Crippen LogP contribution < -0.4 is 29.7 Å². The monoisotopic (exact) mass is 475 g/mol. The maximum atomic E-state index is 13.2. The molecule has 1 N–H and O–H groups in total. The topological polar surface area (TPSA) is 83.1 Å². The molecule has 182 valence electrons. The number of ether oxygens (including phenoxy) is 4. The van der Waals surface area contributed by atoms with E-state index in [1.165, 1.54) is 7.11 Å². The summed E-state index contributed by atoms with van der Waals surface area (Å²) in [5.41, 5.74) is 4.48. The summed E-state index contributed by atoms with van der Waals surface area (Å²) in [5, 5.41) is 3.14. The van der Waals surface area contributed by atoms with E-state index in [0.29, 0.717) is 41.2 Å². The molecule has 35 heavy (non-hydrogen) atoms. The first-order valence-corrected chi connectivity index (χ1v) is 11.3. The van der Waals surface area contributed by atoms with Crippen molar-refractivity contribution < 1.29 is 23.7 Å². The minimum absolute atomic E-state index is 0.205. The van der Waals surface area contributed by atoms with Gasteiger partial charge in [-0.25, -0.2) is 0 Å². The van der Waals surface area contributed by atoms with Crippen LogP contribution in [-0.2, 0) is 6.42 Å². The third kappa shape index (κ3) is 4.54. The highest BCUT2D eigenvalue weighted by molar-refractivity contribution is 5.95. The fourth-order valence-corrected chi connectivity index (χ4v) is 4.64. The van der Waals surface area contributed by atoms with E-state index in [2.05, 4.69) is 5.32 Å². The van der Waals surface area contributed by atoms with E-state index in [1.54, 1.807) is 39.5 Å². The highest BCUT2D eigenvalue weighted by Crippen LogP contribution is 2.50. The maximum Gasteiger partial charge on any atom is 0.251 e. The van der Waals surface area contributed by atoms with E-state index in [0.717, 1.165) is 22.3 Å². The Morgan fingerprint density at radius 3 is 2.29 bits per heavy atom. The molecule has 4 rings (SSSR count). The molecule has 3 aromatic carbocycles. The van der Waals surface area contributed by atoms with Gasteiger partial charge in [-0.1, -0.05) is 23.8 Å². The van der Waals surface area contributed by atoms with Gasteiger partial charge in [0.05, 0.1) is 34.5 Å². The van der Waals surface area contributed by atoms with Gasteiger partial charge < -0.3 is 24.3 Å². The summed E-state index contributed by atoms with van der Waals surface area (Å²) in [6.45, 7) is 1.94. The summed E-state index contributed by atoms with van der Waals surface area (Å²) in [7, 11) is 6.16. The van der Waals surface area contributed by atoms with Crippen molar-refractivity contribution in [2.75, 3.05) is 28.4 Å². The minimum Gasteiger partial charge on any atom is -0.493 e. The summed E-state index contributed by atoms with van der Waals surface area (Å²) in [6, 6.07) is 13.9. The minimum atomic E-state index is -0.420. The van der Waals surface area contributed by atoms with Crippen molar-refractivity contribution in [1.29, 1.82) is 0 Å². The molecule has 0 spiro atoms. The summed E-state index contributed by atoms with van der Waals surface area (Å²) in [6.07, 6.45) is 1.19. The quantitative estimate of drug-likeness (QED) is 0.566. The van der Waals surface area contributed by atoms with Crippen LogP contribution in [-0.4, -0.2) is 34.3 Å². The van der Waals surface area contributed by atoms with Gasteiger partial charge in [-0.05, 0) is 66.8 Å². The second-order valence-electron chi connectivity index (χ2n) is 8.39. The molecule has 0 heterocycles. The Morgan fingerprint density at radius 2 is 1.63 bits per heavy atom. The first-order valence-electron chi connectivity index (χ1n) is 11.3. The van der Waals surface area contributed by atoms with E-state index < -0.39 is 6.04 Å². The normalized spacial score (nSPS) is 14.1. The number of carbonyl (C=O) groups excluding carboxylic acids is 1. The van der Waals surface area contributed by atoms with Crippen LogP contribution in [0.5, 0.6) is 23.0 Å². The average Bonchev–Trinajstić information content (AvgIpc) is 3.11. The lowest BCUT2D eigenvalue weighted by molar-refractivity contribution is 0.0935. The Morgan fingerprint density at radius 1 is 0.886 bits per heavy atom. The molecule has 0 unspecified atom stereocenters. The number of rotatable bonds is 6. The number of amides is 1. The van der Waals surface area contributed by atoms with Gasteiger partial charge in [-0.2, -0.15) is 0 Å². The molecular formula is C28H29NO6. The maximum absolute atomic E-state index is 13.2. The number of aryl methyl sites for hydroxylation is 2. The molecule has 0 fully saturated rings. The van der Waals surface area contributed by atoms with Gasteiger partial charge in [-0.15, -0.1) is 0 Å². The smallest absolute Gasteiger partial charge is 0.251 e. The van der Waals surface area contributed by atoms with Crippen molar-refractivity contribution >= 4 is 5.91 Å². The van der Waals surface area contributed by atoms with Crippen LogP contribution in [0.4, 0.5) is 0 Å². The van der Waals surface area contributed by atoms with E-state index in [1.807, 2.05) is 37.3 Å². The lowest BCUT2D eigenvalue weighted by atomic mass is 9.95. The van der Waals surface area contributed by atoms with Crippen LogP contribution in [0.3, 0.4) is 0 Å². The van der Waals surface area contributed by atoms with Gasteiger partial charge >= 0.3 is 0 Å². The van der Waals surface area contributed by atoms with Gasteiger partial charge in [0, 0.05) is 11.1 Å². The van der Waals surface area contributed by atoms with Gasteiger partial charge in [0.25, 0.3) is 5.91 Å². The number of hydrogen-bond donors (Lipinski definition) is 1. The number of benzene rings is 2. The predicted molar refractivity (Wildman–Crippen MR) is 134 cm³/mol. The SMILES string of the molecule is COc1cc2c(c(OC)c1OC)-c1ccc(OC)c(=O)cc1[C@@H](NC(=O)c1cccc(C)c1)CC2. The van der Waals surface area contributed by atoms with Gasteiger partial charge in [0.1, 0.15) is 0 Å². The van der Waals surface area contributed by atoms with Crippen molar-refractivity contribution in [3.8, 4) is 34.1 Å². The molecule has 0 saturated carbocycles. The molecule has 0 aromatic heterocycles. The lowest BCUT2D eigenvalue weighted by Crippen LogP contribution is -2.29. The lowest BCUT2D eigenvalue weighted by Gasteiger charge is -2.20. The van der Waals surface area contributed by atoms with Crippen LogP contribution in [0.1, 0.15) is 39.5 Å². The largest absolute Gasteiger partial charge is 0.493 e. The fraction of sp³-hybridized carbons (Fsp3) is 0.286. The van der Waals surface area contributed by atoms with Crippen molar-refractivity contribution in [2.24, 2.45) is 0 Å². The molecule has 1 amide bonds. The van der Waals surface area contributed by atoms with Gasteiger partial charge in [-0.3, -0.25) is 9.59 Å². The summed E-state index contributed by atoms with van der Waals surface area (Å²) in [4.78, 5) is 26.1. The molecular weight excluding hydrogens is 446 g/mol. The first kappa shape index (κ1) is 24.1. The summed E-state index contributed by atoms with van der Waals surface area (Å²) in [5.74, 6) is 1.52. The Bertz CT molecular complexity index is 1330. The Balaban J connectivity index is 1.94. The molecule has 1 aliphatic rings. The molecule has 1 atom stereocenters.